The number of aromatic nitrogens is 2. The minimum atomic E-state index is -1.00. The summed E-state index contributed by atoms with van der Waals surface area (Å²) in [6.45, 7) is 1.67. The third-order valence-corrected chi connectivity index (χ3v) is 2.60. The van der Waals surface area contributed by atoms with Crippen molar-refractivity contribution in [2.24, 2.45) is 0 Å². The third-order valence-electron chi connectivity index (χ3n) is 2.60. The highest BCUT2D eigenvalue weighted by Crippen LogP contribution is 2.23. The topological polar surface area (TPSA) is 75.6 Å². The summed E-state index contributed by atoms with van der Waals surface area (Å²) < 4.78 is 4.87. The van der Waals surface area contributed by atoms with Gasteiger partial charge in [0.15, 0.2) is 5.82 Å². The van der Waals surface area contributed by atoms with Crippen LogP contribution in [0.25, 0.3) is 0 Å². The number of ether oxygens (including phenoxy) is 1. The molecule has 0 bridgehead atoms. The SMILES string of the molecule is COc1cc(C(=O)O)c(N2CCCC2)nn1. The maximum Gasteiger partial charge on any atom is 0.339 e. The minimum Gasteiger partial charge on any atom is -0.480 e. The Hall–Kier alpha value is -1.85. The first-order chi connectivity index (χ1) is 7.72. The Morgan fingerprint density at radius 3 is 2.69 bits per heavy atom. The summed E-state index contributed by atoms with van der Waals surface area (Å²) in [6.07, 6.45) is 2.12. The lowest BCUT2D eigenvalue weighted by Crippen LogP contribution is -2.22. The van der Waals surface area contributed by atoms with Gasteiger partial charge < -0.3 is 14.7 Å². The fraction of sp³-hybridized carbons (Fsp3) is 0.500. The fourth-order valence-corrected chi connectivity index (χ4v) is 1.79. The molecule has 1 fully saturated rings. The van der Waals surface area contributed by atoms with Gasteiger partial charge in [-0.1, -0.05) is 0 Å². The van der Waals surface area contributed by atoms with Crippen LogP contribution < -0.4 is 9.64 Å². The quantitative estimate of drug-likeness (QED) is 0.816. The zero-order valence-electron chi connectivity index (χ0n) is 9.01. The first-order valence-electron chi connectivity index (χ1n) is 5.12. The van der Waals surface area contributed by atoms with Crippen molar-refractivity contribution in [1.29, 1.82) is 0 Å². The van der Waals surface area contributed by atoms with Gasteiger partial charge in [-0.3, -0.25) is 0 Å². The Labute approximate surface area is 92.9 Å². The average Bonchev–Trinajstić information content (AvgIpc) is 2.81. The smallest absolute Gasteiger partial charge is 0.339 e. The Morgan fingerprint density at radius 2 is 2.12 bits per heavy atom. The number of anilines is 1. The predicted molar refractivity (Wildman–Crippen MR) is 57.0 cm³/mol. The highest BCUT2D eigenvalue weighted by atomic mass is 16.5. The standard InChI is InChI=1S/C10H13N3O3/c1-16-8-6-7(10(14)15)9(12-11-8)13-4-2-3-5-13/h6H,2-5H2,1H3,(H,14,15). The van der Waals surface area contributed by atoms with Crippen molar-refractivity contribution in [3.8, 4) is 5.88 Å². The largest absolute Gasteiger partial charge is 0.480 e. The maximum absolute atomic E-state index is 11.1. The van der Waals surface area contributed by atoms with E-state index in [-0.39, 0.29) is 11.4 Å². The number of hydrogen-bond donors (Lipinski definition) is 1. The van der Waals surface area contributed by atoms with Crippen molar-refractivity contribution < 1.29 is 14.6 Å². The molecule has 0 spiro atoms. The maximum atomic E-state index is 11.1. The first kappa shape index (κ1) is 10.7. The molecule has 0 radical (unpaired) electrons. The highest BCUT2D eigenvalue weighted by molar-refractivity contribution is 5.93. The first-order valence-corrected chi connectivity index (χ1v) is 5.12. The van der Waals surface area contributed by atoms with Crippen LogP contribution in [0.15, 0.2) is 6.07 Å². The number of rotatable bonds is 3. The van der Waals surface area contributed by atoms with Crippen molar-refractivity contribution in [2.75, 3.05) is 25.1 Å². The summed E-state index contributed by atoms with van der Waals surface area (Å²) in [5.74, 6) is -0.346. The van der Waals surface area contributed by atoms with Gasteiger partial charge in [-0.25, -0.2) is 4.79 Å². The summed E-state index contributed by atoms with van der Waals surface area (Å²) in [6, 6.07) is 1.41. The molecule has 1 saturated heterocycles. The van der Waals surface area contributed by atoms with E-state index in [0.717, 1.165) is 25.9 Å². The second kappa shape index (κ2) is 4.34. The van der Waals surface area contributed by atoms with Crippen molar-refractivity contribution in [1.82, 2.24) is 10.2 Å². The van der Waals surface area contributed by atoms with E-state index in [9.17, 15) is 4.79 Å². The molecule has 0 aliphatic carbocycles. The van der Waals surface area contributed by atoms with Crippen LogP contribution in [-0.2, 0) is 0 Å². The number of aromatic carboxylic acids is 1. The molecule has 1 N–H and O–H groups in total. The van der Waals surface area contributed by atoms with Gasteiger partial charge in [0, 0.05) is 19.2 Å². The van der Waals surface area contributed by atoms with Crippen LogP contribution in [0, 0.1) is 0 Å². The zero-order chi connectivity index (χ0) is 11.5. The van der Waals surface area contributed by atoms with E-state index in [2.05, 4.69) is 10.2 Å². The Balaban J connectivity index is 2.39. The summed E-state index contributed by atoms with van der Waals surface area (Å²) in [4.78, 5) is 13.0. The van der Waals surface area contributed by atoms with E-state index >= 15 is 0 Å². The van der Waals surface area contributed by atoms with E-state index in [1.54, 1.807) is 0 Å². The van der Waals surface area contributed by atoms with Crippen molar-refractivity contribution >= 4 is 11.8 Å². The highest BCUT2D eigenvalue weighted by Gasteiger charge is 2.22. The lowest BCUT2D eigenvalue weighted by Gasteiger charge is -2.17. The van der Waals surface area contributed by atoms with E-state index < -0.39 is 5.97 Å². The molecule has 0 atom stereocenters. The lowest BCUT2D eigenvalue weighted by atomic mass is 10.2. The normalized spacial score (nSPS) is 15.2. The molecule has 0 aromatic carbocycles. The van der Waals surface area contributed by atoms with Gasteiger partial charge in [0.2, 0.25) is 5.88 Å². The summed E-state index contributed by atoms with van der Waals surface area (Å²) >= 11 is 0. The molecule has 0 unspecified atom stereocenters. The molecule has 1 aliphatic rings. The van der Waals surface area contributed by atoms with Crippen molar-refractivity contribution in [2.45, 2.75) is 12.8 Å². The number of carboxylic acid groups (broad SMARTS) is 1. The van der Waals surface area contributed by atoms with Crippen LogP contribution in [0.5, 0.6) is 5.88 Å². The minimum absolute atomic E-state index is 0.147. The molecule has 0 amide bonds. The molecule has 16 heavy (non-hydrogen) atoms. The second-order valence-electron chi connectivity index (χ2n) is 3.62. The Kier molecular flexibility index (Phi) is 2.89. The van der Waals surface area contributed by atoms with Crippen LogP contribution in [-0.4, -0.2) is 41.5 Å². The Morgan fingerprint density at radius 1 is 1.44 bits per heavy atom. The number of nitrogens with zero attached hydrogens (tertiary/aromatic N) is 3. The van der Waals surface area contributed by atoms with E-state index in [4.69, 9.17) is 9.84 Å². The lowest BCUT2D eigenvalue weighted by molar-refractivity contribution is 0.0696. The van der Waals surface area contributed by atoms with Crippen molar-refractivity contribution in [3.05, 3.63) is 11.6 Å². The van der Waals surface area contributed by atoms with E-state index in [1.807, 2.05) is 4.90 Å². The summed E-state index contributed by atoms with van der Waals surface area (Å²) in [5.41, 5.74) is 0.147. The van der Waals surface area contributed by atoms with E-state index in [1.165, 1.54) is 13.2 Å². The fourth-order valence-electron chi connectivity index (χ4n) is 1.79. The molecule has 2 heterocycles. The average molecular weight is 223 g/mol. The number of carbonyl (C=O) groups is 1. The Bertz CT molecular complexity index is 402. The van der Waals surface area contributed by atoms with Gasteiger partial charge in [0.1, 0.15) is 5.56 Å². The van der Waals surface area contributed by atoms with Crippen LogP contribution in [0.3, 0.4) is 0 Å². The summed E-state index contributed by atoms with van der Waals surface area (Å²) in [5, 5.41) is 16.8. The van der Waals surface area contributed by atoms with Gasteiger partial charge in [-0.2, -0.15) is 0 Å². The molecule has 0 saturated carbocycles. The molecule has 2 rings (SSSR count). The molecule has 1 aromatic heterocycles. The van der Waals surface area contributed by atoms with Crippen LogP contribution in [0.4, 0.5) is 5.82 Å². The zero-order valence-corrected chi connectivity index (χ0v) is 9.01. The monoisotopic (exact) mass is 223 g/mol. The number of carboxylic acids is 1. The predicted octanol–water partition coefficient (Wildman–Crippen LogP) is 0.784. The molecule has 1 aromatic rings. The van der Waals surface area contributed by atoms with Gasteiger partial charge in [0.25, 0.3) is 0 Å². The molecule has 6 heteroatoms. The van der Waals surface area contributed by atoms with Gasteiger partial charge in [-0.05, 0) is 12.8 Å². The van der Waals surface area contributed by atoms with Gasteiger partial charge in [0.05, 0.1) is 7.11 Å². The summed E-state index contributed by atoms with van der Waals surface area (Å²) in [7, 11) is 1.44. The molecule has 1 aliphatic heterocycles. The molecular formula is C10H13N3O3. The third kappa shape index (κ3) is 1.91. The van der Waals surface area contributed by atoms with Crippen molar-refractivity contribution in [3.63, 3.8) is 0 Å². The molecular weight excluding hydrogens is 210 g/mol. The second-order valence-corrected chi connectivity index (χ2v) is 3.62. The number of hydrogen-bond acceptors (Lipinski definition) is 5. The van der Waals surface area contributed by atoms with Gasteiger partial charge in [-0.15, -0.1) is 10.2 Å². The van der Waals surface area contributed by atoms with Crippen LogP contribution >= 0.6 is 0 Å². The van der Waals surface area contributed by atoms with E-state index in [0.29, 0.717) is 5.82 Å². The van der Waals surface area contributed by atoms with Crippen LogP contribution in [0.1, 0.15) is 23.2 Å². The molecule has 6 nitrogen and oxygen atoms in total. The number of methoxy groups -OCH3 is 1. The molecule has 86 valence electrons. The van der Waals surface area contributed by atoms with Gasteiger partial charge >= 0.3 is 5.97 Å². The van der Waals surface area contributed by atoms with Crippen LogP contribution in [0.2, 0.25) is 0 Å².